The molecule has 0 aliphatic carbocycles. The van der Waals surface area contributed by atoms with E-state index < -0.39 is 28.8 Å². The van der Waals surface area contributed by atoms with Gasteiger partial charge in [0.1, 0.15) is 0 Å². The van der Waals surface area contributed by atoms with E-state index in [-0.39, 0.29) is 5.56 Å². The van der Waals surface area contributed by atoms with Crippen molar-refractivity contribution in [3.8, 4) is 0 Å². The van der Waals surface area contributed by atoms with E-state index >= 15 is 0 Å². The molecule has 1 rings (SSSR count). The summed E-state index contributed by atoms with van der Waals surface area (Å²) in [5.74, 6) is -3.91. The Morgan fingerprint density at radius 1 is 1.00 bits per heavy atom. The van der Waals surface area contributed by atoms with Crippen LogP contribution in [0.15, 0.2) is 18.2 Å². The van der Waals surface area contributed by atoms with Gasteiger partial charge in [-0.1, -0.05) is 18.2 Å². The molecular weight excluding hydrogens is 200 g/mol. The summed E-state index contributed by atoms with van der Waals surface area (Å²) in [6.45, 7) is 1.14. The Morgan fingerprint density at radius 3 is 1.93 bits per heavy atom. The molecule has 0 fully saturated rings. The van der Waals surface area contributed by atoms with Crippen LogP contribution in [0, 0.1) is 0 Å². The van der Waals surface area contributed by atoms with E-state index in [4.69, 9.17) is 0 Å². The zero-order valence-electron chi connectivity index (χ0n) is 7.77. The van der Waals surface area contributed by atoms with Crippen molar-refractivity contribution in [2.75, 3.05) is 0 Å². The molecule has 0 bridgehead atoms. The Hall–Kier alpha value is -2.17. The van der Waals surface area contributed by atoms with Gasteiger partial charge < -0.3 is 19.8 Å². The van der Waals surface area contributed by atoms with Gasteiger partial charge in [-0.25, -0.2) is 0 Å². The Morgan fingerprint density at radius 2 is 1.53 bits per heavy atom. The Labute approximate surface area is 85.0 Å². The molecule has 0 spiro atoms. The molecule has 0 aliphatic heterocycles. The highest BCUT2D eigenvalue weighted by molar-refractivity contribution is 6.09. The Bertz CT molecular complexity index is 415. The Balaban J connectivity index is 3.56. The molecule has 0 amide bonds. The standard InChI is InChI=1S/C10H8O5/c1-5(11)6-3-2-4-7(9(12)13)8(6)10(14)15/h2-4H,1H3,(H,12,13)(H,14,15)/p-2. The van der Waals surface area contributed by atoms with Crippen LogP contribution in [-0.4, -0.2) is 17.7 Å². The maximum Gasteiger partial charge on any atom is 0.160 e. The highest BCUT2D eigenvalue weighted by Gasteiger charge is 2.12. The number of aromatic carboxylic acids is 2. The number of hydrogen-bond acceptors (Lipinski definition) is 5. The minimum absolute atomic E-state index is 0.197. The first-order valence-electron chi connectivity index (χ1n) is 4.01. The van der Waals surface area contributed by atoms with Crippen molar-refractivity contribution < 1.29 is 24.6 Å². The fraction of sp³-hybridized carbons (Fsp3) is 0.100. The number of benzene rings is 1. The van der Waals surface area contributed by atoms with Crippen LogP contribution < -0.4 is 10.2 Å². The topological polar surface area (TPSA) is 97.3 Å². The second-order valence-electron chi connectivity index (χ2n) is 2.86. The molecule has 1 aromatic rings. The average molecular weight is 206 g/mol. The summed E-state index contributed by atoms with van der Waals surface area (Å²) in [5.41, 5.74) is -1.38. The second kappa shape index (κ2) is 3.91. The maximum atomic E-state index is 11.0. The van der Waals surface area contributed by atoms with Gasteiger partial charge in [-0.15, -0.1) is 0 Å². The molecule has 5 nitrogen and oxygen atoms in total. The molecule has 0 N–H and O–H groups in total. The largest absolute Gasteiger partial charge is 0.545 e. The quantitative estimate of drug-likeness (QED) is 0.567. The van der Waals surface area contributed by atoms with E-state index in [1.165, 1.54) is 12.1 Å². The zero-order chi connectivity index (χ0) is 11.6. The van der Waals surface area contributed by atoms with E-state index in [1.807, 2.05) is 0 Å². The number of ketones is 1. The molecule has 0 saturated carbocycles. The summed E-state index contributed by atoms with van der Waals surface area (Å²) in [4.78, 5) is 32.3. The molecule has 0 radical (unpaired) electrons. The SMILES string of the molecule is CC(=O)c1cccc(C(=O)[O-])c1C(=O)[O-]. The number of rotatable bonds is 3. The fourth-order valence-electron chi connectivity index (χ4n) is 1.24. The molecule has 5 heteroatoms. The van der Waals surface area contributed by atoms with E-state index in [0.29, 0.717) is 0 Å². The number of hydrogen-bond donors (Lipinski definition) is 0. The summed E-state index contributed by atoms with van der Waals surface area (Å²) in [5, 5.41) is 21.3. The zero-order valence-corrected chi connectivity index (χ0v) is 7.77. The molecule has 0 saturated heterocycles. The number of carboxylic acids is 2. The number of carboxylic acid groups (broad SMARTS) is 2. The highest BCUT2D eigenvalue weighted by atomic mass is 16.4. The van der Waals surface area contributed by atoms with E-state index in [1.54, 1.807) is 0 Å². The summed E-state index contributed by atoms with van der Waals surface area (Å²) < 4.78 is 0. The van der Waals surface area contributed by atoms with E-state index in [0.717, 1.165) is 13.0 Å². The normalized spacial score (nSPS) is 9.67. The van der Waals surface area contributed by atoms with Crippen molar-refractivity contribution in [2.24, 2.45) is 0 Å². The summed E-state index contributed by atoms with van der Waals surface area (Å²) in [6, 6.07) is 3.54. The molecule has 0 heterocycles. The number of Topliss-reactive ketones (excluding diaryl/α,β-unsaturated/α-hetero) is 1. The molecule has 0 aliphatic rings. The van der Waals surface area contributed by atoms with Gasteiger partial charge in [0.05, 0.1) is 11.9 Å². The van der Waals surface area contributed by atoms with Crippen LogP contribution >= 0.6 is 0 Å². The van der Waals surface area contributed by atoms with Crippen molar-refractivity contribution in [1.82, 2.24) is 0 Å². The lowest BCUT2D eigenvalue weighted by Crippen LogP contribution is -2.31. The van der Waals surface area contributed by atoms with Gasteiger partial charge in [-0.2, -0.15) is 0 Å². The van der Waals surface area contributed by atoms with Gasteiger partial charge in [-0.3, -0.25) is 4.79 Å². The van der Waals surface area contributed by atoms with Crippen LogP contribution in [0.25, 0.3) is 0 Å². The van der Waals surface area contributed by atoms with E-state index in [2.05, 4.69) is 0 Å². The van der Waals surface area contributed by atoms with Gasteiger partial charge >= 0.3 is 0 Å². The first-order chi connectivity index (χ1) is 6.95. The minimum atomic E-state index is -1.71. The third-order valence-electron chi connectivity index (χ3n) is 1.87. The lowest BCUT2D eigenvalue weighted by atomic mass is 9.99. The van der Waals surface area contributed by atoms with Crippen molar-refractivity contribution in [1.29, 1.82) is 0 Å². The third-order valence-corrected chi connectivity index (χ3v) is 1.87. The van der Waals surface area contributed by atoms with Crippen LogP contribution in [0.2, 0.25) is 0 Å². The predicted molar refractivity (Wildman–Crippen MR) is 45.1 cm³/mol. The van der Waals surface area contributed by atoms with Crippen molar-refractivity contribution in [3.63, 3.8) is 0 Å². The number of carbonyl (C=O) groups is 3. The average Bonchev–Trinajstić information content (AvgIpc) is 2.16. The molecule has 15 heavy (non-hydrogen) atoms. The Kier molecular flexibility index (Phi) is 2.85. The van der Waals surface area contributed by atoms with Gasteiger partial charge in [0, 0.05) is 16.7 Å². The first-order valence-corrected chi connectivity index (χ1v) is 4.01. The molecule has 0 aromatic heterocycles. The van der Waals surface area contributed by atoms with Crippen LogP contribution in [0.4, 0.5) is 0 Å². The minimum Gasteiger partial charge on any atom is -0.545 e. The monoisotopic (exact) mass is 206 g/mol. The van der Waals surface area contributed by atoms with Gasteiger partial charge in [0.2, 0.25) is 0 Å². The molecular formula is C10H6O5-2. The third kappa shape index (κ3) is 2.01. The first kappa shape index (κ1) is 10.9. The highest BCUT2D eigenvalue weighted by Crippen LogP contribution is 2.14. The molecule has 0 atom stereocenters. The lowest BCUT2D eigenvalue weighted by molar-refractivity contribution is -0.259. The van der Waals surface area contributed by atoms with Crippen LogP contribution in [0.1, 0.15) is 38.0 Å². The van der Waals surface area contributed by atoms with Crippen molar-refractivity contribution >= 4 is 17.7 Å². The summed E-state index contributed by atoms with van der Waals surface area (Å²) in [6.07, 6.45) is 0. The second-order valence-corrected chi connectivity index (χ2v) is 2.86. The number of carbonyl (C=O) groups excluding carboxylic acids is 3. The van der Waals surface area contributed by atoms with E-state index in [9.17, 15) is 24.6 Å². The van der Waals surface area contributed by atoms with Crippen LogP contribution in [-0.2, 0) is 0 Å². The van der Waals surface area contributed by atoms with Crippen molar-refractivity contribution in [2.45, 2.75) is 6.92 Å². The van der Waals surface area contributed by atoms with Crippen molar-refractivity contribution in [3.05, 3.63) is 34.9 Å². The van der Waals surface area contributed by atoms with Crippen LogP contribution in [0.3, 0.4) is 0 Å². The van der Waals surface area contributed by atoms with Crippen LogP contribution in [0.5, 0.6) is 0 Å². The fourth-order valence-corrected chi connectivity index (χ4v) is 1.24. The smallest absolute Gasteiger partial charge is 0.160 e. The summed E-state index contributed by atoms with van der Waals surface area (Å²) in [7, 11) is 0. The molecule has 0 unspecified atom stereocenters. The van der Waals surface area contributed by atoms with Gasteiger partial charge in [-0.05, 0) is 6.92 Å². The molecule has 1 aromatic carbocycles. The summed E-state index contributed by atoms with van der Waals surface area (Å²) >= 11 is 0. The maximum absolute atomic E-state index is 11.0. The molecule has 78 valence electrons. The lowest BCUT2D eigenvalue weighted by Gasteiger charge is -2.14. The van der Waals surface area contributed by atoms with Gasteiger partial charge in [0.15, 0.2) is 5.78 Å². The van der Waals surface area contributed by atoms with Gasteiger partial charge in [0.25, 0.3) is 0 Å². The predicted octanol–water partition coefficient (Wildman–Crippen LogP) is -1.38.